The van der Waals surface area contributed by atoms with E-state index in [0.717, 1.165) is 5.75 Å². The molecule has 0 saturated heterocycles. The van der Waals surface area contributed by atoms with Gasteiger partial charge in [0.1, 0.15) is 0 Å². The molecule has 0 radical (unpaired) electrons. The summed E-state index contributed by atoms with van der Waals surface area (Å²) in [5, 5.41) is 0. The minimum absolute atomic E-state index is 0.334. The second-order valence-electron chi connectivity index (χ2n) is 3.57. The third kappa shape index (κ3) is 2.44. The summed E-state index contributed by atoms with van der Waals surface area (Å²) < 4.78 is 13.3. The molecule has 2 unspecified atom stereocenters. The first-order valence-electron chi connectivity index (χ1n) is 4.47. The topological polar surface area (TPSA) is 22.0 Å². The molecule has 0 bridgehead atoms. The molecule has 13 heavy (non-hydrogen) atoms. The molecule has 0 N–H and O–H groups in total. The van der Waals surface area contributed by atoms with Crippen LogP contribution in [0.5, 0.6) is 0 Å². The first-order chi connectivity index (χ1) is 6.02. The van der Waals surface area contributed by atoms with Crippen LogP contribution >= 0.6 is 0 Å². The molecular formula is C10H17NOS. The molecular weight excluding hydrogens is 182 g/mol. The molecule has 1 heterocycles. The van der Waals surface area contributed by atoms with Gasteiger partial charge in [0, 0.05) is 40.2 Å². The average Bonchev–Trinajstić information content (AvgIpc) is 2.29. The van der Waals surface area contributed by atoms with Gasteiger partial charge in [-0.25, -0.2) is 0 Å². The number of rotatable bonds is 3. The fourth-order valence-electron chi connectivity index (χ4n) is 1.79. The van der Waals surface area contributed by atoms with Gasteiger partial charge in [0.05, 0.1) is 0 Å². The highest BCUT2D eigenvalue weighted by atomic mass is 32.2. The van der Waals surface area contributed by atoms with Crippen LogP contribution in [0.25, 0.3) is 0 Å². The van der Waals surface area contributed by atoms with Crippen molar-refractivity contribution in [2.75, 3.05) is 12.0 Å². The van der Waals surface area contributed by atoms with E-state index in [1.807, 2.05) is 0 Å². The Morgan fingerprint density at radius 1 is 1.38 bits per heavy atom. The van der Waals surface area contributed by atoms with Crippen molar-refractivity contribution in [1.29, 1.82) is 0 Å². The molecule has 0 fully saturated rings. The van der Waals surface area contributed by atoms with Crippen molar-refractivity contribution in [3.63, 3.8) is 0 Å². The van der Waals surface area contributed by atoms with E-state index in [-0.39, 0.29) is 0 Å². The van der Waals surface area contributed by atoms with Gasteiger partial charge in [-0.1, -0.05) is 0 Å². The summed E-state index contributed by atoms with van der Waals surface area (Å²) in [6, 6.07) is 4.54. The van der Waals surface area contributed by atoms with E-state index in [0.29, 0.717) is 6.04 Å². The van der Waals surface area contributed by atoms with Crippen LogP contribution in [-0.2, 0) is 10.8 Å². The average molecular weight is 199 g/mol. The molecule has 1 aromatic heterocycles. The third-order valence-electron chi connectivity index (χ3n) is 2.24. The second kappa shape index (κ2) is 4.09. The van der Waals surface area contributed by atoms with E-state index >= 15 is 0 Å². The maximum absolute atomic E-state index is 11.1. The van der Waals surface area contributed by atoms with Crippen molar-refractivity contribution in [3.05, 3.63) is 23.5 Å². The van der Waals surface area contributed by atoms with Crippen LogP contribution in [-0.4, -0.2) is 20.8 Å². The zero-order chi connectivity index (χ0) is 10.0. The summed E-state index contributed by atoms with van der Waals surface area (Å²) in [5.74, 6) is 0.732. The quantitative estimate of drug-likeness (QED) is 0.730. The SMILES string of the molecule is Cc1ccc(C)n1C(C)CS(C)=O. The van der Waals surface area contributed by atoms with Crippen LogP contribution in [0.15, 0.2) is 12.1 Å². The van der Waals surface area contributed by atoms with Crippen LogP contribution in [0.2, 0.25) is 0 Å². The molecule has 2 atom stereocenters. The van der Waals surface area contributed by atoms with Gasteiger partial charge in [-0.3, -0.25) is 4.21 Å². The molecule has 0 aliphatic rings. The fraction of sp³-hybridized carbons (Fsp3) is 0.600. The number of aromatic nitrogens is 1. The van der Waals surface area contributed by atoms with Crippen molar-refractivity contribution >= 4 is 10.8 Å². The Kier molecular flexibility index (Phi) is 3.31. The Morgan fingerprint density at radius 2 is 1.85 bits per heavy atom. The minimum atomic E-state index is -0.718. The highest BCUT2D eigenvalue weighted by Gasteiger charge is 2.10. The van der Waals surface area contributed by atoms with Crippen LogP contribution in [0.3, 0.4) is 0 Å². The highest BCUT2D eigenvalue weighted by Crippen LogP contribution is 2.15. The standard InChI is InChI=1S/C10H17NOS/c1-8-5-6-9(2)11(8)10(3)7-13(4)12/h5-6,10H,7H2,1-4H3. The summed E-state index contributed by atoms with van der Waals surface area (Å²) in [6.07, 6.45) is 1.75. The largest absolute Gasteiger partial charge is 0.346 e. The summed E-state index contributed by atoms with van der Waals surface area (Å²) in [6.45, 7) is 6.28. The van der Waals surface area contributed by atoms with Gasteiger partial charge in [0.25, 0.3) is 0 Å². The van der Waals surface area contributed by atoms with Crippen molar-refractivity contribution in [3.8, 4) is 0 Å². The number of hydrogen-bond acceptors (Lipinski definition) is 1. The van der Waals surface area contributed by atoms with Gasteiger partial charge in [0.15, 0.2) is 0 Å². The van der Waals surface area contributed by atoms with Gasteiger partial charge in [-0.2, -0.15) is 0 Å². The Hall–Kier alpha value is -0.570. The van der Waals surface area contributed by atoms with Gasteiger partial charge in [0.2, 0.25) is 0 Å². The zero-order valence-electron chi connectivity index (χ0n) is 8.70. The summed E-state index contributed by atoms with van der Waals surface area (Å²) in [5.41, 5.74) is 2.49. The molecule has 0 amide bonds. The fourth-order valence-corrected chi connectivity index (χ4v) is 2.62. The molecule has 0 aliphatic carbocycles. The number of hydrogen-bond donors (Lipinski definition) is 0. The van der Waals surface area contributed by atoms with E-state index in [4.69, 9.17) is 0 Å². The lowest BCUT2D eigenvalue weighted by Gasteiger charge is -2.16. The molecule has 74 valence electrons. The lowest BCUT2D eigenvalue weighted by Crippen LogP contribution is -2.15. The molecule has 0 spiro atoms. The van der Waals surface area contributed by atoms with Crippen LogP contribution < -0.4 is 0 Å². The second-order valence-corrected chi connectivity index (χ2v) is 5.05. The van der Waals surface area contributed by atoms with Crippen LogP contribution in [0, 0.1) is 13.8 Å². The monoisotopic (exact) mass is 199 g/mol. The summed E-state index contributed by atoms with van der Waals surface area (Å²) >= 11 is 0. The molecule has 0 aromatic carbocycles. The molecule has 1 aromatic rings. The first kappa shape index (κ1) is 10.5. The van der Waals surface area contributed by atoms with Crippen molar-refractivity contribution < 1.29 is 4.21 Å². The predicted octanol–water partition coefficient (Wildman–Crippen LogP) is 2.04. The molecule has 2 nitrogen and oxygen atoms in total. The maximum Gasteiger partial charge on any atom is 0.0437 e. The normalized spacial score (nSPS) is 15.7. The smallest absolute Gasteiger partial charge is 0.0437 e. The van der Waals surface area contributed by atoms with Gasteiger partial charge in [-0.15, -0.1) is 0 Å². The van der Waals surface area contributed by atoms with Crippen LogP contribution in [0.1, 0.15) is 24.4 Å². The third-order valence-corrected chi connectivity index (χ3v) is 3.19. The van der Waals surface area contributed by atoms with Gasteiger partial charge in [-0.05, 0) is 32.9 Å². The first-order valence-corrected chi connectivity index (χ1v) is 6.19. The zero-order valence-corrected chi connectivity index (χ0v) is 9.52. The van der Waals surface area contributed by atoms with E-state index in [2.05, 4.69) is 37.5 Å². The molecule has 1 rings (SSSR count). The van der Waals surface area contributed by atoms with E-state index < -0.39 is 10.8 Å². The van der Waals surface area contributed by atoms with Crippen LogP contribution in [0.4, 0.5) is 0 Å². The summed E-state index contributed by atoms with van der Waals surface area (Å²) in [4.78, 5) is 0. The Morgan fingerprint density at radius 3 is 2.23 bits per heavy atom. The molecule has 0 saturated carbocycles. The van der Waals surface area contributed by atoms with Gasteiger partial charge >= 0.3 is 0 Å². The Balaban J connectivity index is 2.87. The lowest BCUT2D eigenvalue weighted by atomic mass is 10.3. The molecule has 3 heteroatoms. The lowest BCUT2D eigenvalue weighted by molar-refractivity contribution is 0.574. The Bertz CT molecular complexity index is 297. The van der Waals surface area contributed by atoms with Crippen molar-refractivity contribution in [2.24, 2.45) is 0 Å². The Labute approximate surface area is 82.4 Å². The van der Waals surface area contributed by atoms with E-state index in [1.165, 1.54) is 11.4 Å². The van der Waals surface area contributed by atoms with E-state index in [1.54, 1.807) is 6.26 Å². The minimum Gasteiger partial charge on any atom is -0.346 e. The number of aryl methyl sites for hydroxylation is 2. The van der Waals surface area contributed by atoms with Gasteiger partial charge < -0.3 is 4.57 Å². The maximum atomic E-state index is 11.1. The van der Waals surface area contributed by atoms with Crippen molar-refractivity contribution in [1.82, 2.24) is 4.57 Å². The predicted molar refractivity (Wildman–Crippen MR) is 57.6 cm³/mol. The van der Waals surface area contributed by atoms with E-state index in [9.17, 15) is 4.21 Å². The number of nitrogens with zero attached hydrogens (tertiary/aromatic N) is 1. The highest BCUT2D eigenvalue weighted by molar-refractivity contribution is 7.84. The van der Waals surface area contributed by atoms with Crippen molar-refractivity contribution in [2.45, 2.75) is 26.8 Å². The molecule has 0 aliphatic heterocycles. The summed E-state index contributed by atoms with van der Waals surface area (Å²) in [7, 11) is -0.718.